The summed E-state index contributed by atoms with van der Waals surface area (Å²) in [5, 5.41) is 7.07. The number of nitrogens with zero attached hydrogens (tertiary/aromatic N) is 1. The van der Waals surface area contributed by atoms with Gasteiger partial charge in [0.15, 0.2) is 0 Å². The van der Waals surface area contributed by atoms with Gasteiger partial charge in [0.2, 0.25) is 0 Å². The third kappa shape index (κ3) is 2.13. The summed E-state index contributed by atoms with van der Waals surface area (Å²) in [6.45, 7) is 0. The van der Waals surface area contributed by atoms with Crippen LogP contribution in [0, 0.1) is 0 Å². The molecule has 81 valence electrons. The molecule has 0 N–H and O–H groups in total. The fraction of sp³-hybridized carbons (Fsp3) is 0. The van der Waals surface area contributed by atoms with Crippen LogP contribution in [0.25, 0.3) is 10.8 Å². The van der Waals surface area contributed by atoms with Crippen molar-refractivity contribution in [1.82, 2.24) is 5.32 Å². The summed E-state index contributed by atoms with van der Waals surface area (Å²) in [5.74, 6) is 0. The third-order valence-electron chi connectivity index (χ3n) is 2.75. The number of para-hydroxylation sites is 1. The van der Waals surface area contributed by atoms with Gasteiger partial charge in [0, 0.05) is 0 Å². The van der Waals surface area contributed by atoms with E-state index in [1.54, 1.807) is 0 Å². The average Bonchev–Trinajstić information content (AvgIpc) is 2.40. The summed E-state index contributed by atoms with van der Waals surface area (Å²) in [4.78, 5) is 0. The van der Waals surface area contributed by atoms with Crippen molar-refractivity contribution in [3.8, 4) is 0 Å². The van der Waals surface area contributed by atoms with E-state index in [0.717, 1.165) is 11.4 Å². The normalized spacial score (nSPS) is 10.4. The van der Waals surface area contributed by atoms with Crippen molar-refractivity contribution in [3.63, 3.8) is 0 Å². The van der Waals surface area contributed by atoms with Crippen LogP contribution in [-0.4, -0.2) is 0 Å². The van der Waals surface area contributed by atoms with Gasteiger partial charge in [-0.1, -0.05) is 48.5 Å². The Morgan fingerprint density at radius 3 is 2.06 bits per heavy atom. The van der Waals surface area contributed by atoms with Gasteiger partial charge in [-0.2, -0.15) is 0 Å². The van der Waals surface area contributed by atoms with Gasteiger partial charge < -0.3 is 0 Å². The highest BCUT2D eigenvalue weighted by Crippen LogP contribution is 2.22. The number of hydrogen-bond donors (Lipinski definition) is 0. The predicted octanol–water partition coefficient (Wildman–Crippen LogP) is 4.41. The first-order valence-corrected chi connectivity index (χ1v) is 5.67. The minimum absolute atomic E-state index is 0.989. The maximum Gasteiger partial charge on any atom is 0.0643 e. The molecular formula is C16H12N. The molecule has 0 saturated carbocycles. The van der Waals surface area contributed by atoms with Crippen LogP contribution in [0.5, 0.6) is 0 Å². The molecule has 1 heteroatoms. The smallest absolute Gasteiger partial charge is 0.0643 e. The summed E-state index contributed by atoms with van der Waals surface area (Å²) in [5.41, 5.74) is 1.98. The topological polar surface area (TPSA) is 14.1 Å². The van der Waals surface area contributed by atoms with E-state index in [0.29, 0.717) is 0 Å². The highest BCUT2D eigenvalue weighted by Gasteiger charge is 1.98. The Labute approximate surface area is 101 Å². The van der Waals surface area contributed by atoms with Gasteiger partial charge in [-0.3, -0.25) is 0 Å². The molecule has 0 bridgehead atoms. The van der Waals surface area contributed by atoms with E-state index in [2.05, 4.69) is 47.8 Å². The zero-order valence-corrected chi connectivity index (χ0v) is 9.38. The molecule has 3 aromatic rings. The monoisotopic (exact) mass is 218 g/mol. The summed E-state index contributed by atoms with van der Waals surface area (Å²) < 4.78 is 0. The fourth-order valence-electron chi connectivity index (χ4n) is 1.90. The van der Waals surface area contributed by atoms with E-state index < -0.39 is 0 Å². The largest absolute Gasteiger partial charge is 0.249 e. The number of hydrogen-bond acceptors (Lipinski definition) is 0. The molecule has 0 aromatic heterocycles. The van der Waals surface area contributed by atoms with E-state index >= 15 is 0 Å². The van der Waals surface area contributed by atoms with Gasteiger partial charge in [-0.15, -0.1) is 0 Å². The minimum Gasteiger partial charge on any atom is -0.249 e. The van der Waals surface area contributed by atoms with Crippen molar-refractivity contribution in [1.29, 1.82) is 0 Å². The van der Waals surface area contributed by atoms with Crippen LogP contribution < -0.4 is 5.32 Å². The average molecular weight is 218 g/mol. The number of fused-ring (bicyclic) bond motifs is 1. The molecule has 0 atom stereocenters. The molecule has 0 aliphatic carbocycles. The minimum atomic E-state index is 0.989. The molecule has 1 nitrogen and oxygen atoms in total. The van der Waals surface area contributed by atoms with Gasteiger partial charge in [0.25, 0.3) is 0 Å². The Morgan fingerprint density at radius 2 is 1.24 bits per heavy atom. The van der Waals surface area contributed by atoms with E-state index in [1.165, 1.54) is 10.8 Å². The Balaban J connectivity index is 1.96. The quantitative estimate of drug-likeness (QED) is 0.605. The zero-order chi connectivity index (χ0) is 11.5. The first kappa shape index (κ1) is 9.91. The second-order valence-electron chi connectivity index (χ2n) is 3.98. The molecule has 1 radical (unpaired) electrons. The second-order valence-corrected chi connectivity index (χ2v) is 3.98. The summed E-state index contributed by atoms with van der Waals surface area (Å²) in [6.07, 6.45) is 0. The van der Waals surface area contributed by atoms with E-state index in [1.807, 2.05) is 30.3 Å². The van der Waals surface area contributed by atoms with Crippen LogP contribution >= 0.6 is 0 Å². The maximum absolute atomic E-state index is 4.59. The predicted molar refractivity (Wildman–Crippen MR) is 71.8 cm³/mol. The maximum atomic E-state index is 4.59. The molecule has 0 saturated heterocycles. The molecule has 0 spiro atoms. The standard InChI is InChI=1S/C16H12N/c1-2-8-15(9-3-1)17-16-11-10-13-6-4-5-7-14(13)12-16/h1-12H. The highest BCUT2D eigenvalue weighted by atomic mass is 14.9. The molecule has 0 heterocycles. The molecule has 0 amide bonds. The van der Waals surface area contributed by atoms with Crippen LogP contribution in [-0.2, 0) is 0 Å². The molecule has 0 fully saturated rings. The SMILES string of the molecule is c1ccc([N]c2ccc3ccccc3c2)cc1. The Bertz CT molecular complexity index is 629. The van der Waals surface area contributed by atoms with E-state index in [4.69, 9.17) is 0 Å². The number of rotatable bonds is 2. The van der Waals surface area contributed by atoms with Gasteiger partial charge in [-0.05, 0) is 35.0 Å². The summed E-state index contributed by atoms with van der Waals surface area (Å²) in [6, 6.07) is 24.6. The van der Waals surface area contributed by atoms with Crippen LogP contribution in [0.1, 0.15) is 0 Å². The van der Waals surface area contributed by atoms with Crippen molar-refractivity contribution in [2.24, 2.45) is 0 Å². The summed E-state index contributed by atoms with van der Waals surface area (Å²) in [7, 11) is 0. The zero-order valence-electron chi connectivity index (χ0n) is 9.38. The van der Waals surface area contributed by atoms with Crippen LogP contribution in [0.15, 0.2) is 72.8 Å². The van der Waals surface area contributed by atoms with Crippen molar-refractivity contribution in [2.75, 3.05) is 0 Å². The van der Waals surface area contributed by atoms with Gasteiger partial charge >= 0.3 is 0 Å². The highest BCUT2D eigenvalue weighted by molar-refractivity contribution is 5.85. The van der Waals surface area contributed by atoms with Crippen LogP contribution in [0.4, 0.5) is 11.4 Å². The molecule has 3 rings (SSSR count). The van der Waals surface area contributed by atoms with E-state index in [-0.39, 0.29) is 0 Å². The molecule has 0 unspecified atom stereocenters. The molecule has 17 heavy (non-hydrogen) atoms. The van der Waals surface area contributed by atoms with Crippen molar-refractivity contribution in [2.45, 2.75) is 0 Å². The molecule has 0 aliphatic heterocycles. The van der Waals surface area contributed by atoms with E-state index in [9.17, 15) is 0 Å². The third-order valence-corrected chi connectivity index (χ3v) is 2.75. The van der Waals surface area contributed by atoms with Crippen LogP contribution in [0.3, 0.4) is 0 Å². The van der Waals surface area contributed by atoms with Crippen molar-refractivity contribution in [3.05, 3.63) is 72.8 Å². The van der Waals surface area contributed by atoms with Crippen molar-refractivity contribution < 1.29 is 0 Å². The molecule has 3 aromatic carbocycles. The Hall–Kier alpha value is -2.28. The fourth-order valence-corrected chi connectivity index (χ4v) is 1.90. The van der Waals surface area contributed by atoms with Crippen molar-refractivity contribution >= 4 is 22.1 Å². The van der Waals surface area contributed by atoms with Gasteiger partial charge in [0.1, 0.15) is 0 Å². The van der Waals surface area contributed by atoms with Gasteiger partial charge in [0.05, 0.1) is 11.4 Å². The lowest BCUT2D eigenvalue weighted by molar-refractivity contribution is 1.19. The van der Waals surface area contributed by atoms with Crippen LogP contribution in [0.2, 0.25) is 0 Å². The lowest BCUT2D eigenvalue weighted by Crippen LogP contribution is -1.87. The Morgan fingerprint density at radius 1 is 0.529 bits per heavy atom. The summed E-state index contributed by atoms with van der Waals surface area (Å²) >= 11 is 0. The second kappa shape index (κ2) is 4.30. The van der Waals surface area contributed by atoms with Gasteiger partial charge in [-0.25, -0.2) is 5.32 Å². The first-order chi connectivity index (χ1) is 8.42. The Kier molecular flexibility index (Phi) is 2.51. The first-order valence-electron chi connectivity index (χ1n) is 5.67. The lowest BCUT2D eigenvalue weighted by atomic mass is 10.1. The number of benzene rings is 3. The molecule has 0 aliphatic rings. The lowest BCUT2D eigenvalue weighted by Gasteiger charge is -2.04. The molecular weight excluding hydrogens is 206 g/mol.